The van der Waals surface area contributed by atoms with Gasteiger partial charge in [-0.25, -0.2) is 0 Å². The summed E-state index contributed by atoms with van der Waals surface area (Å²) in [6, 6.07) is 13.8. The number of carbonyl (C=O) groups excluding carboxylic acids is 1. The van der Waals surface area contributed by atoms with Crippen LogP contribution in [0.1, 0.15) is 18.2 Å². The number of benzene rings is 1. The van der Waals surface area contributed by atoms with Crippen LogP contribution in [-0.2, 0) is 11.2 Å². The van der Waals surface area contributed by atoms with Gasteiger partial charge in [0.2, 0.25) is 5.91 Å². The van der Waals surface area contributed by atoms with Crippen LogP contribution in [0.3, 0.4) is 0 Å². The van der Waals surface area contributed by atoms with Gasteiger partial charge < -0.3 is 9.80 Å². The summed E-state index contributed by atoms with van der Waals surface area (Å²) in [5.74, 6) is 0.899. The highest BCUT2D eigenvalue weighted by atomic mass is 32.2. The summed E-state index contributed by atoms with van der Waals surface area (Å²) in [4.78, 5) is 17.9. The minimum atomic E-state index is 0.147. The Bertz CT molecular complexity index is 800. The summed E-state index contributed by atoms with van der Waals surface area (Å²) in [5, 5.41) is 16.8. The summed E-state index contributed by atoms with van der Waals surface area (Å²) in [6.07, 6.45) is 2.47. The van der Waals surface area contributed by atoms with Crippen molar-refractivity contribution in [2.24, 2.45) is 0 Å². The lowest BCUT2D eigenvalue weighted by Crippen LogP contribution is -2.54. The molecule has 0 N–H and O–H groups in total. The lowest BCUT2D eigenvalue weighted by atomic mass is 10.1. The third kappa shape index (κ3) is 4.14. The van der Waals surface area contributed by atoms with E-state index in [0.717, 1.165) is 11.4 Å². The Morgan fingerprint density at radius 3 is 2.58 bits per heavy atom. The number of piperazine rings is 1. The van der Waals surface area contributed by atoms with Crippen molar-refractivity contribution in [3.63, 3.8) is 0 Å². The van der Waals surface area contributed by atoms with Crippen molar-refractivity contribution in [1.29, 1.82) is 5.26 Å². The van der Waals surface area contributed by atoms with Crippen LogP contribution >= 0.6 is 11.8 Å². The van der Waals surface area contributed by atoms with E-state index in [1.165, 1.54) is 4.90 Å². The summed E-state index contributed by atoms with van der Waals surface area (Å²) in [7, 11) is 0. The number of nitrogens with zero attached hydrogens (tertiary/aromatic N) is 5. The molecule has 0 saturated carbocycles. The first-order valence-corrected chi connectivity index (χ1v) is 9.74. The number of nitriles is 1. The van der Waals surface area contributed by atoms with Crippen LogP contribution in [0.5, 0.6) is 0 Å². The number of rotatable bonds is 4. The zero-order valence-corrected chi connectivity index (χ0v) is 15.7. The predicted octanol–water partition coefficient (Wildman–Crippen LogP) is 2.35. The first kappa shape index (κ1) is 18.2. The van der Waals surface area contributed by atoms with E-state index in [1.807, 2.05) is 35.4 Å². The van der Waals surface area contributed by atoms with Gasteiger partial charge in [-0.3, -0.25) is 4.79 Å². The topological polar surface area (TPSA) is 73.1 Å². The van der Waals surface area contributed by atoms with E-state index in [2.05, 4.69) is 34.2 Å². The highest BCUT2D eigenvalue weighted by Crippen LogP contribution is 2.19. The molecule has 1 aliphatic rings. The molecule has 0 bridgehead atoms. The molecule has 0 radical (unpaired) electrons. The number of thioether (sulfide) groups is 1. The molecule has 7 heteroatoms. The molecule has 1 aliphatic heterocycles. The van der Waals surface area contributed by atoms with Gasteiger partial charge in [-0.1, -0.05) is 12.1 Å². The molecule has 26 heavy (non-hydrogen) atoms. The van der Waals surface area contributed by atoms with E-state index in [1.54, 1.807) is 17.8 Å². The first-order valence-electron chi connectivity index (χ1n) is 8.52. The molecule has 1 saturated heterocycles. The maximum absolute atomic E-state index is 12.6. The normalized spacial score (nSPS) is 17.0. The van der Waals surface area contributed by atoms with Crippen LogP contribution in [-0.4, -0.2) is 52.9 Å². The fourth-order valence-electron chi connectivity index (χ4n) is 3.09. The van der Waals surface area contributed by atoms with Gasteiger partial charge in [0.05, 0.1) is 6.42 Å². The molecule has 1 amide bonds. The SMILES string of the molecule is CSc1ccc(CC(=O)N2CCN(c3ccc(C#N)nn3)C(C)C2)cc1. The van der Waals surface area contributed by atoms with E-state index in [0.29, 0.717) is 31.7 Å². The molecule has 1 atom stereocenters. The Labute approximate surface area is 157 Å². The molecule has 1 aromatic heterocycles. The van der Waals surface area contributed by atoms with E-state index < -0.39 is 0 Å². The first-order chi connectivity index (χ1) is 12.6. The zero-order valence-electron chi connectivity index (χ0n) is 14.9. The van der Waals surface area contributed by atoms with Crippen LogP contribution in [0, 0.1) is 11.3 Å². The van der Waals surface area contributed by atoms with Gasteiger partial charge in [0.25, 0.3) is 0 Å². The molecular formula is C19H21N5OS. The Balaban J connectivity index is 1.60. The lowest BCUT2D eigenvalue weighted by Gasteiger charge is -2.40. The van der Waals surface area contributed by atoms with Crippen LogP contribution in [0.25, 0.3) is 0 Å². The fourth-order valence-corrected chi connectivity index (χ4v) is 3.50. The van der Waals surface area contributed by atoms with Gasteiger partial charge in [0, 0.05) is 30.6 Å². The molecule has 0 spiro atoms. The maximum Gasteiger partial charge on any atom is 0.227 e. The van der Waals surface area contributed by atoms with Crippen LogP contribution < -0.4 is 4.90 Å². The fraction of sp³-hybridized carbons (Fsp3) is 0.368. The van der Waals surface area contributed by atoms with Crippen molar-refractivity contribution in [3.05, 3.63) is 47.7 Å². The third-order valence-electron chi connectivity index (χ3n) is 4.55. The largest absolute Gasteiger partial charge is 0.349 e. The van der Waals surface area contributed by atoms with Gasteiger partial charge in [-0.05, 0) is 43.0 Å². The number of carbonyl (C=O) groups is 1. The van der Waals surface area contributed by atoms with Gasteiger partial charge in [-0.15, -0.1) is 22.0 Å². The highest BCUT2D eigenvalue weighted by molar-refractivity contribution is 7.98. The summed E-state index contributed by atoms with van der Waals surface area (Å²) >= 11 is 1.70. The second-order valence-electron chi connectivity index (χ2n) is 6.30. The molecule has 1 fully saturated rings. The molecule has 3 rings (SSSR count). The molecule has 134 valence electrons. The Morgan fingerprint density at radius 2 is 2.00 bits per heavy atom. The lowest BCUT2D eigenvalue weighted by molar-refractivity contribution is -0.131. The van der Waals surface area contributed by atoms with Gasteiger partial charge >= 0.3 is 0 Å². The second-order valence-corrected chi connectivity index (χ2v) is 7.18. The number of anilines is 1. The van der Waals surface area contributed by atoms with E-state index in [9.17, 15) is 4.79 Å². The van der Waals surface area contributed by atoms with Gasteiger partial charge in [-0.2, -0.15) is 5.26 Å². The summed E-state index contributed by atoms with van der Waals surface area (Å²) in [5.41, 5.74) is 1.35. The molecule has 6 nitrogen and oxygen atoms in total. The highest BCUT2D eigenvalue weighted by Gasteiger charge is 2.27. The third-order valence-corrected chi connectivity index (χ3v) is 5.30. The Kier molecular flexibility index (Phi) is 5.74. The Morgan fingerprint density at radius 1 is 1.23 bits per heavy atom. The summed E-state index contributed by atoms with van der Waals surface area (Å²) < 4.78 is 0. The average molecular weight is 367 g/mol. The quantitative estimate of drug-likeness (QED) is 0.773. The van der Waals surface area contributed by atoms with Gasteiger partial charge in [0.15, 0.2) is 11.5 Å². The Hall–Kier alpha value is -2.59. The number of amides is 1. The van der Waals surface area contributed by atoms with Gasteiger partial charge in [0.1, 0.15) is 6.07 Å². The number of hydrogen-bond acceptors (Lipinski definition) is 6. The van der Waals surface area contributed by atoms with Crippen molar-refractivity contribution in [2.45, 2.75) is 24.3 Å². The second kappa shape index (κ2) is 8.19. The molecule has 2 heterocycles. The molecule has 0 aliphatic carbocycles. The van der Waals surface area contributed by atoms with Crippen LogP contribution in [0.2, 0.25) is 0 Å². The average Bonchev–Trinajstić information content (AvgIpc) is 2.68. The maximum atomic E-state index is 12.6. The smallest absolute Gasteiger partial charge is 0.227 e. The van der Waals surface area contributed by atoms with Crippen molar-refractivity contribution < 1.29 is 4.79 Å². The van der Waals surface area contributed by atoms with Crippen LogP contribution in [0.4, 0.5) is 5.82 Å². The number of hydrogen-bond donors (Lipinski definition) is 0. The van der Waals surface area contributed by atoms with Crippen molar-refractivity contribution in [1.82, 2.24) is 15.1 Å². The molecule has 1 unspecified atom stereocenters. The van der Waals surface area contributed by atoms with E-state index in [4.69, 9.17) is 5.26 Å². The number of aromatic nitrogens is 2. The van der Waals surface area contributed by atoms with Crippen LogP contribution in [0.15, 0.2) is 41.3 Å². The predicted molar refractivity (Wildman–Crippen MR) is 102 cm³/mol. The van der Waals surface area contributed by atoms with Crippen molar-refractivity contribution in [3.8, 4) is 6.07 Å². The molecule has 1 aromatic carbocycles. The monoisotopic (exact) mass is 367 g/mol. The van der Waals surface area contributed by atoms with E-state index >= 15 is 0 Å². The standard InChI is InChI=1S/C19H21N5OS/c1-14-13-23(19(25)11-15-3-6-17(26-2)7-4-15)9-10-24(14)18-8-5-16(12-20)21-22-18/h3-8,14H,9-11,13H2,1-2H3. The van der Waals surface area contributed by atoms with Crippen molar-refractivity contribution in [2.75, 3.05) is 30.8 Å². The zero-order chi connectivity index (χ0) is 18.5. The van der Waals surface area contributed by atoms with Crippen molar-refractivity contribution >= 4 is 23.5 Å². The van der Waals surface area contributed by atoms with E-state index in [-0.39, 0.29) is 11.9 Å². The summed E-state index contributed by atoms with van der Waals surface area (Å²) in [6.45, 7) is 4.10. The molecule has 2 aromatic rings. The minimum Gasteiger partial charge on any atom is -0.349 e. The molecular weight excluding hydrogens is 346 g/mol. The minimum absolute atomic E-state index is 0.147.